The first kappa shape index (κ1) is 17.7. The van der Waals surface area contributed by atoms with Gasteiger partial charge < -0.3 is 15.2 Å². The van der Waals surface area contributed by atoms with Crippen molar-refractivity contribution in [2.75, 3.05) is 19.0 Å². The molecule has 0 bridgehead atoms. The lowest BCUT2D eigenvalue weighted by molar-refractivity contribution is -0.119. The van der Waals surface area contributed by atoms with E-state index in [1.165, 1.54) is 13.2 Å². The van der Waals surface area contributed by atoms with Crippen molar-refractivity contribution in [3.8, 4) is 0 Å². The van der Waals surface area contributed by atoms with Crippen molar-refractivity contribution < 1.29 is 24.2 Å². The van der Waals surface area contributed by atoms with Crippen LogP contribution in [0.1, 0.15) is 23.2 Å². The molecule has 1 aliphatic heterocycles. The lowest BCUT2D eigenvalue weighted by Gasteiger charge is -2.21. The van der Waals surface area contributed by atoms with Crippen LogP contribution in [0.15, 0.2) is 21.1 Å². The average molecular weight is 450 g/mol. The second-order valence-electron chi connectivity index (χ2n) is 4.92. The molecule has 0 aliphatic carbocycles. The largest absolute Gasteiger partial charge is 0.465 e. The predicted molar refractivity (Wildman–Crippen MR) is 89.6 cm³/mol. The molecule has 1 heterocycles. The number of nitrogens with zero attached hydrogens (tertiary/aromatic N) is 1. The zero-order valence-corrected chi connectivity index (χ0v) is 15.3. The van der Waals surface area contributed by atoms with Gasteiger partial charge in [-0.05, 0) is 40.9 Å². The van der Waals surface area contributed by atoms with E-state index in [4.69, 9.17) is 9.84 Å². The minimum atomic E-state index is -1.13. The number of ether oxygens (including phenoxy) is 1. The predicted octanol–water partition coefficient (Wildman–Crippen LogP) is 3.08. The van der Waals surface area contributed by atoms with Crippen LogP contribution in [0.25, 0.3) is 0 Å². The normalized spacial score (nSPS) is 17.0. The Kier molecular flexibility index (Phi) is 5.64. The number of methoxy groups -OCH3 is 1. The number of hydrogen-bond donors (Lipinski definition) is 2. The molecule has 7 nitrogen and oxygen atoms in total. The van der Waals surface area contributed by atoms with E-state index in [1.807, 2.05) is 0 Å². The van der Waals surface area contributed by atoms with E-state index >= 15 is 0 Å². The molecule has 23 heavy (non-hydrogen) atoms. The molecule has 2 amide bonds. The van der Waals surface area contributed by atoms with Crippen molar-refractivity contribution in [3.63, 3.8) is 0 Å². The number of anilines is 1. The third kappa shape index (κ3) is 3.84. The summed E-state index contributed by atoms with van der Waals surface area (Å²) in [7, 11) is 1.24. The molecular formula is C14H14Br2N2O5. The van der Waals surface area contributed by atoms with E-state index < -0.39 is 24.0 Å². The van der Waals surface area contributed by atoms with Gasteiger partial charge in [-0.1, -0.05) is 15.9 Å². The summed E-state index contributed by atoms with van der Waals surface area (Å²) in [4.78, 5) is 36.6. The monoisotopic (exact) mass is 448 g/mol. The fourth-order valence-corrected chi connectivity index (χ4v) is 3.77. The molecule has 0 spiro atoms. The van der Waals surface area contributed by atoms with Gasteiger partial charge in [0.1, 0.15) is 6.04 Å². The number of carboxylic acid groups (broad SMARTS) is 1. The van der Waals surface area contributed by atoms with Crippen LogP contribution in [-0.4, -0.2) is 47.7 Å². The number of halogens is 2. The number of likely N-dealkylation sites (tertiary alicyclic amines) is 1. The quantitative estimate of drug-likeness (QED) is 0.691. The van der Waals surface area contributed by atoms with Crippen molar-refractivity contribution >= 4 is 55.5 Å². The maximum absolute atomic E-state index is 12.4. The molecule has 0 radical (unpaired) electrons. The number of nitrogens with one attached hydrogen (secondary N) is 1. The first-order chi connectivity index (χ1) is 10.8. The first-order valence-electron chi connectivity index (χ1n) is 6.73. The standard InChI is InChI=1S/C14H14Br2N2O5/c1-23-13(20)8-5-7(15)6-9(16)11(8)17-12(19)10-3-2-4-18(10)14(21)22/h5-6,10H,2-4H2,1H3,(H,17,19)(H,21,22). The third-order valence-corrected chi connectivity index (χ3v) is 4.59. The van der Waals surface area contributed by atoms with Gasteiger partial charge in [-0.2, -0.15) is 0 Å². The Hall–Kier alpha value is -1.61. The van der Waals surface area contributed by atoms with Crippen molar-refractivity contribution in [1.29, 1.82) is 0 Å². The van der Waals surface area contributed by atoms with Crippen molar-refractivity contribution in [2.45, 2.75) is 18.9 Å². The average Bonchev–Trinajstić information content (AvgIpc) is 2.98. The van der Waals surface area contributed by atoms with E-state index in [1.54, 1.807) is 6.07 Å². The van der Waals surface area contributed by atoms with Crippen LogP contribution in [-0.2, 0) is 9.53 Å². The minimum absolute atomic E-state index is 0.168. The van der Waals surface area contributed by atoms with Crippen LogP contribution in [0, 0.1) is 0 Å². The Morgan fingerprint density at radius 3 is 2.65 bits per heavy atom. The van der Waals surface area contributed by atoms with Gasteiger partial charge in [0.2, 0.25) is 5.91 Å². The van der Waals surface area contributed by atoms with Gasteiger partial charge >= 0.3 is 12.1 Å². The fraction of sp³-hybridized carbons (Fsp3) is 0.357. The van der Waals surface area contributed by atoms with E-state index in [0.29, 0.717) is 28.3 Å². The molecule has 2 N–H and O–H groups in total. The molecule has 2 rings (SSSR count). The molecule has 1 unspecified atom stereocenters. The summed E-state index contributed by atoms with van der Waals surface area (Å²) in [5, 5.41) is 11.8. The summed E-state index contributed by atoms with van der Waals surface area (Å²) in [6, 6.07) is 2.43. The lowest BCUT2D eigenvalue weighted by atomic mass is 10.1. The van der Waals surface area contributed by atoms with Crippen LogP contribution in [0.3, 0.4) is 0 Å². The van der Waals surface area contributed by atoms with Gasteiger partial charge in [-0.15, -0.1) is 0 Å². The molecule has 1 aliphatic rings. The topological polar surface area (TPSA) is 95.9 Å². The van der Waals surface area contributed by atoms with Crippen LogP contribution in [0.4, 0.5) is 10.5 Å². The van der Waals surface area contributed by atoms with Gasteiger partial charge in [0.05, 0.1) is 18.4 Å². The second kappa shape index (κ2) is 7.31. The second-order valence-corrected chi connectivity index (χ2v) is 6.70. The SMILES string of the molecule is COC(=O)c1cc(Br)cc(Br)c1NC(=O)C1CCCN1C(=O)O. The number of benzene rings is 1. The third-order valence-electron chi connectivity index (χ3n) is 3.51. The van der Waals surface area contributed by atoms with Crippen LogP contribution in [0.2, 0.25) is 0 Å². The molecule has 0 aromatic heterocycles. The zero-order chi connectivity index (χ0) is 17.1. The van der Waals surface area contributed by atoms with Gasteiger partial charge in [0.15, 0.2) is 0 Å². The number of carbonyl (C=O) groups excluding carboxylic acids is 2. The smallest absolute Gasteiger partial charge is 0.407 e. The summed E-state index contributed by atoms with van der Waals surface area (Å²) < 4.78 is 5.84. The molecular weight excluding hydrogens is 436 g/mol. The Morgan fingerprint density at radius 2 is 2.04 bits per heavy atom. The fourth-order valence-electron chi connectivity index (χ4n) is 2.45. The Balaban J connectivity index is 2.30. The molecule has 1 fully saturated rings. The maximum Gasteiger partial charge on any atom is 0.407 e. The summed E-state index contributed by atoms with van der Waals surface area (Å²) in [6.45, 7) is 0.318. The molecule has 1 aromatic carbocycles. The molecule has 9 heteroatoms. The molecule has 1 aromatic rings. The van der Waals surface area contributed by atoms with E-state index in [2.05, 4.69) is 37.2 Å². The number of carbonyl (C=O) groups is 3. The van der Waals surface area contributed by atoms with Crippen molar-refractivity contribution in [2.24, 2.45) is 0 Å². The van der Waals surface area contributed by atoms with Crippen LogP contribution in [0.5, 0.6) is 0 Å². The molecule has 0 saturated carbocycles. The van der Waals surface area contributed by atoms with Gasteiger partial charge in [0.25, 0.3) is 0 Å². The number of rotatable bonds is 3. The van der Waals surface area contributed by atoms with E-state index in [9.17, 15) is 14.4 Å². The Labute approximate surface area is 149 Å². The van der Waals surface area contributed by atoms with Gasteiger partial charge in [-0.3, -0.25) is 9.69 Å². The molecule has 1 atom stereocenters. The van der Waals surface area contributed by atoms with Crippen LogP contribution >= 0.6 is 31.9 Å². The molecule has 124 valence electrons. The highest BCUT2D eigenvalue weighted by Crippen LogP contribution is 2.32. The summed E-state index contributed by atoms with van der Waals surface area (Å²) in [5.74, 6) is -1.08. The maximum atomic E-state index is 12.4. The Bertz CT molecular complexity index is 665. The summed E-state index contributed by atoms with van der Waals surface area (Å²) >= 11 is 6.56. The van der Waals surface area contributed by atoms with Crippen LogP contribution < -0.4 is 5.32 Å². The highest BCUT2D eigenvalue weighted by atomic mass is 79.9. The zero-order valence-electron chi connectivity index (χ0n) is 12.1. The highest BCUT2D eigenvalue weighted by Gasteiger charge is 2.34. The van der Waals surface area contributed by atoms with Crippen molar-refractivity contribution in [3.05, 3.63) is 26.6 Å². The number of hydrogen-bond acceptors (Lipinski definition) is 4. The minimum Gasteiger partial charge on any atom is -0.465 e. The van der Waals surface area contributed by atoms with E-state index in [-0.39, 0.29) is 11.3 Å². The van der Waals surface area contributed by atoms with Crippen molar-refractivity contribution in [1.82, 2.24) is 4.90 Å². The van der Waals surface area contributed by atoms with Gasteiger partial charge in [-0.25, -0.2) is 9.59 Å². The highest BCUT2D eigenvalue weighted by molar-refractivity contribution is 9.11. The first-order valence-corrected chi connectivity index (χ1v) is 8.31. The summed E-state index contributed by atoms with van der Waals surface area (Å²) in [5.41, 5.74) is 0.421. The lowest BCUT2D eigenvalue weighted by Crippen LogP contribution is -2.42. The number of amides is 2. The summed E-state index contributed by atoms with van der Waals surface area (Å²) in [6.07, 6.45) is -0.0685. The number of esters is 1. The van der Waals surface area contributed by atoms with Gasteiger partial charge in [0, 0.05) is 15.5 Å². The molecule has 1 saturated heterocycles. The Morgan fingerprint density at radius 1 is 1.35 bits per heavy atom. The van der Waals surface area contributed by atoms with E-state index in [0.717, 1.165) is 4.90 Å².